The van der Waals surface area contributed by atoms with Crippen LogP contribution in [-0.2, 0) is 29.3 Å². The molecule has 0 spiro atoms. The van der Waals surface area contributed by atoms with E-state index in [1.807, 2.05) is 27.7 Å². The van der Waals surface area contributed by atoms with E-state index in [0.717, 1.165) is 19.1 Å². The van der Waals surface area contributed by atoms with E-state index in [0.29, 0.717) is 0 Å². The van der Waals surface area contributed by atoms with Gasteiger partial charge in [0.25, 0.3) is 0 Å². The van der Waals surface area contributed by atoms with E-state index in [9.17, 15) is 16.8 Å². The van der Waals surface area contributed by atoms with E-state index < -0.39 is 33.1 Å². The lowest BCUT2D eigenvalue weighted by atomic mass is 9.83. The van der Waals surface area contributed by atoms with E-state index in [4.69, 9.17) is 9.29 Å². The van der Waals surface area contributed by atoms with Crippen molar-refractivity contribution in [1.82, 2.24) is 4.72 Å². The number of nitrogens with one attached hydrogen (secondary N) is 1. The third-order valence-electron chi connectivity index (χ3n) is 3.37. The van der Waals surface area contributed by atoms with Crippen LogP contribution in [0.3, 0.4) is 0 Å². The smallest absolute Gasteiger partial charge is 0.371 e. The van der Waals surface area contributed by atoms with Crippen LogP contribution in [0.5, 0.6) is 0 Å². The molecule has 0 rings (SSSR count). The average molecular weight is 361 g/mol. The molecule has 0 fully saturated rings. The van der Waals surface area contributed by atoms with Gasteiger partial charge in [-0.15, -0.1) is 0 Å². The Hall–Kier alpha value is -0.260. The summed E-state index contributed by atoms with van der Waals surface area (Å²) in [7, 11) is -8.06. The van der Waals surface area contributed by atoms with E-state index >= 15 is 0 Å². The van der Waals surface area contributed by atoms with Crippen LogP contribution in [-0.4, -0.2) is 53.0 Å². The van der Waals surface area contributed by atoms with Crippen LogP contribution in [0.1, 0.15) is 40.5 Å². The molecule has 0 amide bonds. The lowest BCUT2D eigenvalue weighted by molar-refractivity contribution is -0.0758. The first-order valence-corrected chi connectivity index (χ1v) is 10.2. The Bertz CT molecular complexity index is 492. The topological polar surface area (TPSA) is 119 Å². The molecule has 0 aromatic heterocycles. The highest BCUT2D eigenvalue weighted by molar-refractivity contribution is 7.88. The van der Waals surface area contributed by atoms with Crippen molar-refractivity contribution in [2.24, 2.45) is 5.41 Å². The van der Waals surface area contributed by atoms with Crippen molar-refractivity contribution in [3.05, 3.63) is 0 Å². The Labute approximate surface area is 133 Å². The van der Waals surface area contributed by atoms with Gasteiger partial charge in [0, 0.05) is 6.54 Å². The van der Waals surface area contributed by atoms with Crippen molar-refractivity contribution < 1.29 is 30.3 Å². The van der Waals surface area contributed by atoms with Crippen molar-refractivity contribution in [3.63, 3.8) is 0 Å². The molecule has 134 valence electrons. The van der Waals surface area contributed by atoms with Crippen LogP contribution >= 0.6 is 0 Å². The molecular weight excluding hydrogens is 334 g/mol. The number of rotatable bonds is 11. The first kappa shape index (κ1) is 21.7. The van der Waals surface area contributed by atoms with E-state index in [-0.39, 0.29) is 18.1 Å². The van der Waals surface area contributed by atoms with Gasteiger partial charge in [-0.25, -0.2) is 17.3 Å². The highest BCUT2D eigenvalue weighted by Crippen LogP contribution is 2.29. The molecule has 0 aromatic rings. The van der Waals surface area contributed by atoms with Gasteiger partial charge in [-0.2, -0.15) is 8.42 Å². The summed E-state index contributed by atoms with van der Waals surface area (Å²) in [6, 6.07) is 0. The van der Waals surface area contributed by atoms with Gasteiger partial charge in [-0.3, -0.25) is 4.55 Å². The van der Waals surface area contributed by atoms with Gasteiger partial charge in [-0.05, 0) is 18.8 Å². The van der Waals surface area contributed by atoms with Gasteiger partial charge < -0.3 is 4.74 Å². The minimum absolute atomic E-state index is 0.152. The molecule has 0 aromatic carbocycles. The maximum atomic E-state index is 11.1. The van der Waals surface area contributed by atoms with Crippen LogP contribution in [0.4, 0.5) is 0 Å². The average Bonchev–Trinajstić information content (AvgIpc) is 2.30. The lowest BCUT2D eigenvalue weighted by Crippen LogP contribution is -2.41. The monoisotopic (exact) mass is 361 g/mol. The van der Waals surface area contributed by atoms with Crippen LogP contribution in [0.2, 0.25) is 0 Å². The number of hydrogen-bond acceptors (Lipinski definition) is 6. The second kappa shape index (κ2) is 8.55. The molecule has 0 radical (unpaired) electrons. The third-order valence-corrected chi connectivity index (χ3v) is 4.49. The van der Waals surface area contributed by atoms with Crippen LogP contribution in [0, 0.1) is 5.41 Å². The molecule has 10 heteroatoms. The zero-order valence-electron chi connectivity index (χ0n) is 13.7. The maximum Gasteiger partial charge on any atom is 0.397 e. The molecule has 0 aliphatic rings. The summed E-state index contributed by atoms with van der Waals surface area (Å²) in [5.41, 5.74) is -0.170. The molecule has 2 N–H and O–H groups in total. The molecule has 2 atom stereocenters. The molecule has 0 heterocycles. The minimum atomic E-state index is -4.61. The van der Waals surface area contributed by atoms with Gasteiger partial charge in [0.1, 0.15) is 0 Å². The summed E-state index contributed by atoms with van der Waals surface area (Å²) in [6.45, 7) is 7.25. The summed E-state index contributed by atoms with van der Waals surface area (Å²) < 4.78 is 64.5. The summed E-state index contributed by atoms with van der Waals surface area (Å²) >= 11 is 0. The van der Waals surface area contributed by atoms with Crippen LogP contribution in [0.25, 0.3) is 0 Å². The summed E-state index contributed by atoms with van der Waals surface area (Å²) in [6.07, 6.45) is 1.72. The lowest BCUT2D eigenvalue weighted by Gasteiger charge is -2.34. The largest absolute Gasteiger partial charge is 0.397 e. The third kappa shape index (κ3) is 10.5. The first-order valence-electron chi connectivity index (χ1n) is 6.99. The van der Waals surface area contributed by atoms with E-state index in [2.05, 4.69) is 8.91 Å². The van der Waals surface area contributed by atoms with Gasteiger partial charge in [0.2, 0.25) is 10.0 Å². The molecule has 0 saturated heterocycles. The van der Waals surface area contributed by atoms with Crippen LogP contribution in [0.15, 0.2) is 0 Å². The highest BCUT2D eigenvalue weighted by atomic mass is 32.3. The van der Waals surface area contributed by atoms with Crippen molar-refractivity contribution in [3.8, 4) is 0 Å². The summed E-state index contributed by atoms with van der Waals surface area (Å²) in [5, 5.41) is 0. The van der Waals surface area contributed by atoms with E-state index in [1.165, 1.54) is 0 Å². The van der Waals surface area contributed by atoms with Gasteiger partial charge in [0.15, 0.2) is 0 Å². The number of hydrogen-bond donors (Lipinski definition) is 2. The molecule has 0 unspecified atom stereocenters. The number of ether oxygens (including phenoxy) is 1. The van der Waals surface area contributed by atoms with Crippen molar-refractivity contribution in [1.29, 1.82) is 0 Å². The van der Waals surface area contributed by atoms with Gasteiger partial charge in [-0.1, -0.05) is 27.2 Å². The molecule has 0 saturated carbocycles. The molecule has 8 nitrogen and oxygen atoms in total. The summed E-state index contributed by atoms with van der Waals surface area (Å²) in [5.74, 6) is 0. The Kier molecular flexibility index (Phi) is 8.45. The second-order valence-electron chi connectivity index (χ2n) is 5.97. The molecule has 0 aliphatic heterocycles. The Morgan fingerprint density at radius 2 is 1.77 bits per heavy atom. The standard InChI is InChI=1S/C12H27NO7S2/c1-6-7-12(3,4)10(2)20-11(8-13-21(5,14)15)9-19-22(16,17)18/h10-11,13H,6-9H2,1-5H3,(H,16,17,18)/t10-,11-/m0/s1. The number of sulfonamides is 1. The Morgan fingerprint density at radius 1 is 1.23 bits per heavy atom. The normalized spacial score (nSPS) is 16.5. The molecule has 0 aliphatic carbocycles. The van der Waals surface area contributed by atoms with E-state index in [1.54, 1.807) is 0 Å². The fourth-order valence-corrected chi connectivity index (χ4v) is 2.69. The molecule has 22 heavy (non-hydrogen) atoms. The molecular formula is C12H27NO7S2. The second-order valence-corrected chi connectivity index (χ2v) is 8.90. The van der Waals surface area contributed by atoms with Gasteiger partial charge in [0.05, 0.1) is 25.1 Å². The SMILES string of the molecule is CCCC(C)(C)[C@H](C)O[C@@H](CNS(C)(=O)=O)COS(=O)(=O)O. The Morgan fingerprint density at radius 3 is 2.18 bits per heavy atom. The van der Waals surface area contributed by atoms with Gasteiger partial charge >= 0.3 is 10.4 Å². The highest BCUT2D eigenvalue weighted by Gasteiger charge is 2.29. The molecule has 0 bridgehead atoms. The summed E-state index contributed by atoms with van der Waals surface area (Å²) in [4.78, 5) is 0. The zero-order chi connectivity index (χ0) is 17.6. The predicted molar refractivity (Wildman–Crippen MR) is 83.4 cm³/mol. The van der Waals surface area contributed by atoms with Crippen LogP contribution < -0.4 is 4.72 Å². The predicted octanol–water partition coefficient (Wildman–Crippen LogP) is 0.955. The fraction of sp³-hybridized carbons (Fsp3) is 1.00. The zero-order valence-corrected chi connectivity index (χ0v) is 15.3. The fourth-order valence-electron chi connectivity index (χ4n) is 1.87. The maximum absolute atomic E-state index is 11.1. The quantitative estimate of drug-likeness (QED) is 0.526. The van der Waals surface area contributed by atoms with Crippen molar-refractivity contribution in [2.75, 3.05) is 19.4 Å². The Balaban J connectivity index is 4.83. The van der Waals surface area contributed by atoms with Crippen molar-refractivity contribution >= 4 is 20.4 Å². The van der Waals surface area contributed by atoms with Crippen molar-refractivity contribution in [2.45, 2.75) is 52.7 Å². The first-order chi connectivity index (χ1) is 9.77. The minimum Gasteiger partial charge on any atom is -0.371 e.